The molecule has 2 heterocycles. The van der Waals surface area contributed by atoms with E-state index in [1.54, 1.807) is 6.20 Å². The van der Waals surface area contributed by atoms with Crippen LogP contribution in [0.25, 0.3) is 0 Å². The summed E-state index contributed by atoms with van der Waals surface area (Å²) in [6.07, 6.45) is 0.929. The maximum absolute atomic E-state index is 11.8. The Morgan fingerprint density at radius 1 is 1.47 bits per heavy atom. The molecule has 1 aromatic heterocycles. The molecule has 0 aromatic carbocycles. The average molecular weight is 264 g/mol. The Hall–Kier alpha value is -1.95. The fourth-order valence-electron chi connectivity index (χ4n) is 2.00. The van der Waals surface area contributed by atoms with Gasteiger partial charge in [-0.3, -0.25) is 9.78 Å². The molecule has 6 heteroatoms. The monoisotopic (exact) mass is 264 g/mol. The number of hydrogen-bond donors (Lipinski definition) is 2. The zero-order valence-electron chi connectivity index (χ0n) is 10.6. The normalized spacial score (nSPS) is 22.2. The van der Waals surface area contributed by atoms with Gasteiger partial charge in [-0.05, 0) is 31.4 Å². The number of aliphatic carboxylic acids is 1. The molecule has 0 bridgehead atoms. The number of carboxylic acid groups (broad SMARTS) is 1. The molecular weight excluding hydrogens is 248 g/mol. The maximum atomic E-state index is 11.8. The Bertz CT molecular complexity index is 489. The number of rotatable bonds is 4. The van der Waals surface area contributed by atoms with Gasteiger partial charge in [0, 0.05) is 6.20 Å². The van der Waals surface area contributed by atoms with E-state index in [1.165, 1.54) is 0 Å². The van der Waals surface area contributed by atoms with Crippen molar-refractivity contribution < 1.29 is 19.4 Å². The minimum absolute atomic E-state index is 0.284. The molecule has 0 spiro atoms. The molecular formula is C13H16N2O4. The summed E-state index contributed by atoms with van der Waals surface area (Å²) in [6, 6.07) is 3.75. The van der Waals surface area contributed by atoms with Gasteiger partial charge in [0.2, 0.25) is 5.91 Å². The number of carbonyl (C=O) groups is 2. The van der Waals surface area contributed by atoms with Gasteiger partial charge in [0.15, 0.2) is 6.10 Å². The van der Waals surface area contributed by atoms with E-state index in [0.717, 1.165) is 11.3 Å². The molecule has 1 amide bonds. The predicted octanol–water partition coefficient (Wildman–Crippen LogP) is 0.638. The lowest BCUT2D eigenvalue weighted by atomic mass is 10.2. The zero-order chi connectivity index (χ0) is 13.8. The smallest absolute Gasteiger partial charge is 0.332 e. The van der Waals surface area contributed by atoms with E-state index in [9.17, 15) is 9.59 Å². The average Bonchev–Trinajstić information content (AvgIpc) is 2.87. The highest BCUT2D eigenvalue weighted by Crippen LogP contribution is 2.20. The molecule has 1 aliphatic rings. The van der Waals surface area contributed by atoms with Crippen LogP contribution in [0.15, 0.2) is 18.3 Å². The van der Waals surface area contributed by atoms with Gasteiger partial charge in [0.05, 0.1) is 12.2 Å². The molecule has 2 N–H and O–H groups in total. The van der Waals surface area contributed by atoms with E-state index in [-0.39, 0.29) is 5.91 Å². The first-order chi connectivity index (χ1) is 9.08. The zero-order valence-corrected chi connectivity index (χ0v) is 10.6. The highest BCUT2D eigenvalue weighted by Gasteiger charge is 2.34. The van der Waals surface area contributed by atoms with Crippen molar-refractivity contribution in [1.82, 2.24) is 10.3 Å². The second kappa shape index (κ2) is 5.79. The Balaban J connectivity index is 1.86. The van der Waals surface area contributed by atoms with Crippen molar-refractivity contribution in [2.24, 2.45) is 0 Å². The molecule has 2 unspecified atom stereocenters. The third kappa shape index (κ3) is 3.29. The van der Waals surface area contributed by atoms with Crippen LogP contribution in [0.1, 0.15) is 24.1 Å². The third-order valence-electron chi connectivity index (χ3n) is 3.14. The molecule has 1 saturated heterocycles. The first-order valence-electron chi connectivity index (χ1n) is 6.14. The highest BCUT2D eigenvalue weighted by molar-refractivity contribution is 5.82. The van der Waals surface area contributed by atoms with E-state index in [1.807, 2.05) is 19.1 Å². The Morgan fingerprint density at radius 2 is 2.21 bits per heavy atom. The van der Waals surface area contributed by atoms with E-state index in [2.05, 4.69) is 10.3 Å². The van der Waals surface area contributed by atoms with Gasteiger partial charge in [0.25, 0.3) is 0 Å². The van der Waals surface area contributed by atoms with Gasteiger partial charge in [0.1, 0.15) is 6.10 Å². The molecule has 0 aliphatic carbocycles. The first-order valence-corrected chi connectivity index (χ1v) is 6.14. The summed E-state index contributed by atoms with van der Waals surface area (Å²) >= 11 is 0. The summed E-state index contributed by atoms with van der Waals surface area (Å²) in [5, 5.41) is 11.5. The van der Waals surface area contributed by atoms with Gasteiger partial charge in [-0.25, -0.2) is 4.79 Å². The van der Waals surface area contributed by atoms with Gasteiger partial charge >= 0.3 is 5.97 Å². The number of hydrogen-bond acceptors (Lipinski definition) is 4. The van der Waals surface area contributed by atoms with Crippen molar-refractivity contribution >= 4 is 11.9 Å². The molecule has 0 saturated carbocycles. The quantitative estimate of drug-likeness (QED) is 0.833. The molecule has 19 heavy (non-hydrogen) atoms. The summed E-state index contributed by atoms with van der Waals surface area (Å²) in [7, 11) is 0. The molecule has 0 radical (unpaired) electrons. The lowest BCUT2D eigenvalue weighted by Crippen LogP contribution is -2.35. The number of aryl methyl sites for hydroxylation is 1. The van der Waals surface area contributed by atoms with E-state index < -0.39 is 18.2 Å². The van der Waals surface area contributed by atoms with E-state index in [0.29, 0.717) is 19.4 Å². The fourth-order valence-corrected chi connectivity index (χ4v) is 2.00. The molecule has 6 nitrogen and oxygen atoms in total. The Labute approximate surface area is 110 Å². The highest BCUT2D eigenvalue weighted by atomic mass is 16.5. The van der Waals surface area contributed by atoms with Crippen LogP contribution in [0.4, 0.5) is 0 Å². The van der Waals surface area contributed by atoms with Crippen LogP contribution in [0, 0.1) is 6.92 Å². The van der Waals surface area contributed by atoms with Crippen LogP contribution in [-0.2, 0) is 20.9 Å². The lowest BCUT2D eigenvalue weighted by Gasteiger charge is -2.12. The topological polar surface area (TPSA) is 88.5 Å². The number of amides is 1. The number of pyridine rings is 1. The number of carbonyl (C=O) groups excluding carboxylic acids is 1. The number of carboxylic acids is 1. The summed E-state index contributed by atoms with van der Waals surface area (Å²) in [4.78, 5) is 26.7. The summed E-state index contributed by atoms with van der Waals surface area (Å²) in [6.45, 7) is 2.24. The number of nitrogens with zero attached hydrogens (tertiary/aromatic N) is 1. The third-order valence-corrected chi connectivity index (χ3v) is 3.14. The SMILES string of the molecule is Cc1cccnc1CNC(=O)C1CCC(C(=O)O)O1. The van der Waals surface area contributed by atoms with E-state index >= 15 is 0 Å². The van der Waals surface area contributed by atoms with Crippen LogP contribution in [0.3, 0.4) is 0 Å². The van der Waals surface area contributed by atoms with Gasteiger partial charge in [-0.2, -0.15) is 0 Å². The minimum Gasteiger partial charge on any atom is -0.479 e. The van der Waals surface area contributed by atoms with Crippen LogP contribution in [0.2, 0.25) is 0 Å². The van der Waals surface area contributed by atoms with E-state index in [4.69, 9.17) is 9.84 Å². The molecule has 1 aromatic rings. The van der Waals surface area contributed by atoms with Crippen molar-refractivity contribution in [3.05, 3.63) is 29.6 Å². The van der Waals surface area contributed by atoms with Crippen molar-refractivity contribution in [1.29, 1.82) is 0 Å². The van der Waals surface area contributed by atoms with Crippen LogP contribution < -0.4 is 5.32 Å². The fraction of sp³-hybridized carbons (Fsp3) is 0.462. The van der Waals surface area contributed by atoms with Crippen molar-refractivity contribution in [3.8, 4) is 0 Å². The summed E-state index contributed by atoms with van der Waals surface area (Å²) in [5.41, 5.74) is 1.79. The van der Waals surface area contributed by atoms with Crippen LogP contribution in [-0.4, -0.2) is 34.2 Å². The lowest BCUT2D eigenvalue weighted by molar-refractivity contribution is -0.151. The number of aromatic nitrogens is 1. The Morgan fingerprint density at radius 3 is 2.84 bits per heavy atom. The molecule has 2 atom stereocenters. The van der Waals surface area contributed by atoms with Gasteiger partial charge in [-0.1, -0.05) is 6.07 Å². The van der Waals surface area contributed by atoms with Crippen molar-refractivity contribution in [2.75, 3.05) is 0 Å². The second-order valence-electron chi connectivity index (χ2n) is 4.51. The number of nitrogens with one attached hydrogen (secondary N) is 1. The molecule has 1 aliphatic heterocycles. The van der Waals surface area contributed by atoms with Gasteiger partial charge < -0.3 is 15.2 Å². The Kier molecular flexibility index (Phi) is 4.11. The minimum atomic E-state index is -1.02. The van der Waals surface area contributed by atoms with Crippen LogP contribution >= 0.6 is 0 Å². The summed E-state index contributed by atoms with van der Waals surface area (Å²) in [5.74, 6) is -1.30. The standard InChI is InChI=1S/C13H16N2O4/c1-8-3-2-6-14-9(8)7-15-12(16)10-4-5-11(19-10)13(17)18/h2-3,6,10-11H,4-5,7H2,1H3,(H,15,16)(H,17,18). The van der Waals surface area contributed by atoms with Gasteiger partial charge in [-0.15, -0.1) is 0 Å². The first kappa shape index (κ1) is 13.5. The largest absolute Gasteiger partial charge is 0.479 e. The molecule has 1 fully saturated rings. The summed E-state index contributed by atoms with van der Waals surface area (Å²) < 4.78 is 5.17. The maximum Gasteiger partial charge on any atom is 0.332 e. The molecule has 102 valence electrons. The van der Waals surface area contributed by atoms with Crippen LogP contribution in [0.5, 0.6) is 0 Å². The molecule has 2 rings (SSSR count). The second-order valence-corrected chi connectivity index (χ2v) is 4.51. The predicted molar refractivity (Wildman–Crippen MR) is 66.4 cm³/mol. The van der Waals surface area contributed by atoms with Crippen molar-refractivity contribution in [3.63, 3.8) is 0 Å². The van der Waals surface area contributed by atoms with Crippen molar-refractivity contribution in [2.45, 2.75) is 38.5 Å². The number of ether oxygens (including phenoxy) is 1.